The van der Waals surface area contributed by atoms with Crippen molar-refractivity contribution < 1.29 is 13.9 Å². The van der Waals surface area contributed by atoms with E-state index in [1.54, 1.807) is 21.1 Å². The molecule has 2 atom stereocenters. The topological polar surface area (TPSA) is 60.6 Å². The summed E-state index contributed by atoms with van der Waals surface area (Å²) in [6.45, 7) is 5.60. The molecule has 0 aliphatic rings. The first-order valence-electron chi connectivity index (χ1n) is 5.82. The highest BCUT2D eigenvalue weighted by atomic mass is 35.5. The molecule has 0 aliphatic carbocycles. The Labute approximate surface area is 112 Å². The van der Waals surface area contributed by atoms with Gasteiger partial charge >= 0.3 is 6.01 Å². The van der Waals surface area contributed by atoms with Crippen molar-refractivity contribution in [2.75, 3.05) is 38.9 Å². The molecule has 6 nitrogen and oxygen atoms in total. The zero-order valence-electron chi connectivity index (χ0n) is 11.2. The van der Waals surface area contributed by atoms with Gasteiger partial charge in [-0.15, -0.1) is 16.7 Å². The molecule has 1 rings (SSSR count). The van der Waals surface area contributed by atoms with Crippen LogP contribution < -0.4 is 4.90 Å². The normalized spacial score (nSPS) is 14.5. The van der Waals surface area contributed by atoms with Crippen molar-refractivity contribution >= 4 is 17.6 Å². The van der Waals surface area contributed by atoms with Gasteiger partial charge < -0.3 is 18.8 Å². The number of alkyl halides is 1. The Balaban J connectivity index is 2.79. The lowest BCUT2D eigenvalue weighted by molar-refractivity contribution is 0.168. The van der Waals surface area contributed by atoms with Gasteiger partial charge in [-0.1, -0.05) is 5.10 Å². The van der Waals surface area contributed by atoms with Crippen molar-refractivity contribution in [3.8, 4) is 0 Å². The number of methoxy groups -OCH3 is 2. The molecule has 18 heavy (non-hydrogen) atoms. The number of hydrogen-bond donors (Lipinski definition) is 0. The Morgan fingerprint density at radius 2 is 2.00 bits per heavy atom. The van der Waals surface area contributed by atoms with E-state index in [9.17, 15) is 0 Å². The van der Waals surface area contributed by atoms with Crippen molar-refractivity contribution in [1.29, 1.82) is 0 Å². The molecule has 2 unspecified atom stereocenters. The van der Waals surface area contributed by atoms with Crippen LogP contribution in [0.25, 0.3) is 0 Å². The van der Waals surface area contributed by atoms with Gasteiger partial charge in [0, 0.05) is 20.8 Å². The Morgan fingerprint density at radius 1 is 1.28 bits per heavy atom. The average Bonchev–Trinajstić information content (AvgIpc) is 2.79. The monoisotopic (exact) mass is 277 g/mol. The molecule has 0 spiro atoms. The maximum absolute atomic E-state index is 5.90. The minimum Gasteiger partial charge on any atom is -0.406 e. The van der Waals surface area contributed by atoms with Crippen molar-refractivity contribution in [3.05, 3.63) is 5.89 Å². The lowest BCUT2D eigenvalue weighted by Gasteiger charge is -2.26. The molecule has 0 aliphatic heterocycles. The highest BCUT2D eigenvalue weighted by Crippen LogP contribution is 2.22. The van der Waals surface area contributed by atoms with Crippen molar-refractivity contribution in [3.63, 3.8) is 0 Å². The summed E-state index contributed by atoms with van der Waals surface area (Å²) in [5.41, 5.74) is 0. The second kappa shape index (κ2) is 7.56. The van der Waals surface area contributed by atoms with E-state index in [4.69, 9.17) is 25.5 Å². The van der Waals surface area contributed by atoms with Crippen LogP contribution in [0.4, 0.5) is 6.01 Å². The Bertz CT molecular complexity index is 346. The van der Waals surface area contributed by atoms with Crippen molar-refractivity contribution in [1.82, 2.24) is 10.2 Å². The first kappa shape index (κ1) is 15.2. The lowest BCUT2D eigenvalue weighted by Crippen LogP contribution is -2.38. The van der Waals surface area contributed by atoms with Gasteiger partial charge in [-0.05, 0) is 13.8 Å². The van der Waals surface area contributed by atoms with Gasteiger partial charge in [0.25, 0.3) is 0 Å². The summed E-state index contributed by atoms with van der Waals surface area (Å²) in [6.07, 6.45) is 0. The molecule has 0 aromatic carbocycles. The third kappa shape index (κ3) is 4.12. The summed E-state index contributed by atoms with van der Waals surface area (Å²) in [5.74, 6) is 0.415. The SMILES string of the molecule is COCCN(c1nnc(C(C)Cl)o1)C(C)COC. The van der Waals surface area contributed by atoms with Crippen LogP contribution in [0.3, 0.4) is 0 Å². The van der Waals surface area contributed by atoms with E-state index < -0.39 is 0 Å². The van der Waals surface area contributed by atoms with Gasteiger partial charge in [0.2, 0.25) is 5.89 Å². The molecule has 104 valence electrons. The van der Waals surface area contributed by atoms with Gasteiger partial charge in [0.15, 0.2) is 0 Å². The summed E-state index contributed by atoms with van der Waals surface area (Å²) in [5, 5.41) is 7.63. The minimum atomic E-state index is -0.298. The fourth-order valence-electron chi connectivity index (χ4n) is 1.53. The van der Waals surface area contributed by atoms with Gasteiger partial charge in [0.1, 0.15) is 5.38 Å². The molecule has 1 heterocycles. The summed E-state index contributed by atoms with van der Waals surface area (Å²) in [6, 6.07) is 0.559. The maximum atomic E-state index is 5.90. The molecule has 0 fully saturated rings. The maximum Gasteiger partial charge on any atom is 0.318 e. The van der Waals surface area contributed by atoms with Crippen LogP contribution >= 0.6 is 11.6 Å². The molecule has 0 N–H and O–H groups in total. The van der Waals surface area contributed by atoms with Crippen LogP contribution in [0, 0.1) is 0 Å². The number of ether oxygens (including phenoxy) is 2. The molecule has 0 radical (unpaired) electrons. The number of aromatic nitrogens is 2. The zero-order valence-corrected chi connectivity index (χ0v) is 12.0. The summed E-state index contributed by atoms with van der Waals surface area (Å²) in [4.78, 5) is 1.95. The molecule has 0 amide bonds. The fourth-order valence-corrected chi connectivity index (χ4v) is 1.62. The molecule has 0 saturated carbocycles. The molecule has 0 bridgehead atoms. The Morgan fingerprint density at radius 3 is 2.50 bits per heavy atom. The largest absolute Gasteiger partial charge is 0.406 e. The minimum absolute atomic E-state index is 0.115. The molecular weight excluding hydrogens is 258 g/mol. The Hall–Kier alpha value is -0.850. The number of rotatable bonds is 8. The van der Waals surface area contributed by atoms with Crippen LogP contribution in [0.1, 0.15) is 25.1 Å². The summed E-state index contributed by atoms with van der Waals surface area (Å²) in [7, 11) is 3.31. The number of nitrogens with zero attached hydrogens (tertiary/aromatic N) is 3. The van der Waals surface area contributed by atoms with E-state index in [2.05, 4.69) is 10.2 Å². The standard InChI is InChI=1S/C11H20ClN3O3/c1-8(7-17-4)15(5-6-16-3)11-14-13-10(18-11)9(2)12/h8-9H,5-7H2,1-4H3. The molecule has 1 aromatic rings. The third-order valence-corrected chi connectivity index (χ3v) is 2.68. The predicted molar refractivity (Wildman–Crippen MR) is 69.1 cm³/mol. The van der Waals surface area contributed by atoms with Crippen LogP contribution in [0.5, 0.6) is 0 Å². The van der Waals surface area contributed by atoms with E-state index in [0.29, 0.717) is 31.7 Å². The first-order valence-corrected chi connectivity index (χ1v) is 6.25. The molecule has 7 heteroatoms. The van der Waals surface area contributed by atoms with E-state index in [1.165, 1.54) is 0 Å². The second-order valence-corrected chi connectivity index (χ2v) is 4.68. The van der Waals surface area contributed by atoms with E-state index in [0.717, 1.165) is 0 Å². The Kier molecular flexibility index (Phi) is 6.38. The van der Waals surface area contributed by atoms with Crippen LogP contribution in [-0.4, -0.2) is 50.2 Å². The van der Waals surface area contributed by atoms with Gasteiger partial charge in [-0.25, -0.2) is 0 Å². The van der Waals surface area contributed by atoms with Crippen LogP contribution in [0.2, 0.25) is 0 Å². The lowest BCUT2D eigenvalue weighted by atomic mass is 10.3. The first-order chi connectivity index (χ1) is 8.60. The molecule has 0 saturated heterocycles. The highest BCUT2D eigenvalue weighted by molar-refractivity contribution is 6.20. The zero-order chi connectivity index (χ0) is 13.5. The molecule has 1 aromatic heterocycles. The molecular formula is C11H20ClN3O3. The van der Waals surface area contributed by atoms with Gasteiger partial charge in [-0.3, -0.25) is 0 Å². The number of anilines is 1. The summed E-state index contributed by atoms with van der Waals surface area (Å²) >= 11 is 5.90. The van der Waals surface area contributed by atoms with Crippen LogP contribution in [0.15, 0.2) is 4.42 Å². The van der Waals surface area contributed by atoms with Crippen molar-refractivity contribution in [2.24, 2.45) is 0 Å². The number of hydrogen-bond acceptors (Lipinski definition) is 6. The average molecular weight is 278 g/mol. The summed E-state index contributed by atoms with van der Waals surface area (Å²) < 4.78 is 15.8. The second-order valence-electron chi connectivity index (χ2n) is 4.03. The third-order valence-electron chi connectivity index (χ3n) is 2.49. The van der Waals surface area contributed by atoms with E-state index in [1.807, 2.05) is 11.8 Å². The number of halogens is 1. The van der Waals surface area contributed by atoms with E-state index >= 15 is 0 Å². The quantitative estimate of drug-likeness (QED) is 0.676. The van der Waals surface area contributed by atoms with Gasteiger partial charge in [0.05, 0.1) is 19.3 Å². The van der Waals surface area contributed by atoms with Crippen LogP contribution in [-0.2, 0) is 9.47 Å². The van der Waals surface area contributed by atoms with E-state index in [-0.39, 0.29) is 11.4 Å². The fraction of sp³-hybridized carbons (Fsp3) is 0.818. The smallest absolute Gasteiger partial charge is 0.318 e. The van der Waals surface area contributed by atoms with Crippen molar-refractivity contribution in [2.45, 2.75) is 25.3 Å². The van der Waals surface area contributed by atoms with Gasteiger partial charge in [-0.2, -0.15) is 0 Å². The highest BCUT2D eigenvalue weighted by Gasteiger charge is 2.21. The predicted octanol–water partition coefficient (Wildman–Crippen LogP) is 1.86.